The number of allylic oxidation sites excluding steroid dienone is 1. The van der Waals surface area contributed by atoms with Gasteiger partial charge in [-0.2, -0.15) is 0 Å². The lowest BCUT2D eigenvalue weighted by Crippen LogP contribution is -2.45. The molecule has 196 valence electrons. The first-order valence-electron chi connectivity index (χ1n) is 13.1. The molecule has 0 aliphatic carbocycles. The molecule has 0 unspecified atom stereocenters. The molecule has 0 aromatic carbocycles. The summed E-state index contributed by atoms with van der Waals surface area (Å²) in [6.45, 7) is 3.95. The maximum atomic E-state index is 12.3. The number of carbonyl (C=O) groups excluding carboxylic acids is 1. The Morgan fingerprint density at radius 3 is 1.85 bits per heavy atom. The first-order chi connectivity index (χ1) is 15.8. The summed E-state index contributed by atoms with van der Waals surface area (Å²) < 4.78 is 15.6. The highest BCUT2D eigenvalue weighted by Crippen LogP contribution is 2.35. The molecule has 0 bridgehead atoms. The number of hydrogen-bond donors (Lipinski definition) is 4. The minimum Gasteiger partial charge on any atom is -0.387 e. The third kappa shape index (κ3) is 22.8. The average molecular weight is 492 g/mol. The van der Waals surface area contributed by atoms with E-state index in [1.807, 2.05) is 6.08 Å². The Hall–Kier alpha value is -0.720. The first kappa shape index (κ1) is 32.3. The Balaban J connectivity index is 4.29. The monoisotopic (exact) mass is 491 g/mol. The predicted octanol–water partition coefficient (Wildman–Crippen LogP) is 6.17. The Kier molecular flexibility index (Phi) is 21.3. The molecule has 1 amide bonds. The SMILES string of the molecule is CCCCCCCCC/C=C/[C@@H](O)[C@H](COP(=O)(O)O)NC(=O)CCCCCCCCCC. The van der Waals surface area contributed by atoms with E-state index in [4.69, 9.17) is 9.79 Å². The van der Waals surface area contributed by atoms with Gasteiger partial charge in [0, 0.05) is 6.42 Å². The molecule has 0 rings (SSSR count). The predicted molar refractivity (Wildman–Crippen MR) is 135 cm³/mol. The van der Waals surface area contributed by atoms with Crippen LogP contribution in [0.3, 0.4) is 0 Å². The van der Waals surface area contributed by atoms with E-state index in [1.54, 1.807) is 6.08 Å². The topological polar surface area (TPSA) is 116 Å². The van der Waals surface area contributed by atoms with Crippen LogP contribution >= 0.6 is 7.82 Å². The molecule has 0 fully saturated rings. The number of aliphatic hydroxyl groups excluding tert-OH is 1. The Labute approximate surface area is 202 Å². The van der Waals surface area contributed by atoms with Gasteiger partial charge in [0.05, 0.1) is 18.8 Å². The van der Waals surface area contributed by atoms with Crippen LogP contribution in [0.4, 0.5) is 0 Å². The van der Waals surface area contributed by atoms with Crippen molar-refractivity contribution in [3.05, 3.63) is 12.2 Å². The molecule has 0 radical (unpaired) electrons. The number of hydrogen-bond acceptors (Lipinski definition) is 4. The lowest BCUT2D eigenvalue weighted by Gasteiger charge is -2.22. The zero-order valence-electron chi connectivity index (χ0n) is 21.1. The second-order valence-electron chi connectivity index (χ2n) is 9.01. The van der Waals surface area contributed by atoms with E-state index < -0.39 is 26.6 Å². The smallest absolute Gasteiger partial charge is 0.387 e. The van der Waals surface area contributed by atoms with Crippen molar-refractivity contribution in [2.45, 2.75) is 135 Å². The minimum atomic E-state index is -4.68. The van der Waals surface area contributed by atoms with E-state index in [9.17, 15) is 14.5 Å². The summed E-state index contributed by atoms with van der Waals surface area (Å²) in [5.74, 6) is -0.236. The summed E-state index contributed by atoms with van der Waals surface area (Å²) in [5.41, 5.74) is 0. The first-order valence-corrected chi connectivity index (χ1v) is 14.7. The number of amides is 1. The number of carbonyl (C=O) groups is 1. The standard InChI is InChI=1S/C25H50NO6P/c1-3-5-7-9-11-13-14-16-18-20-24(27)23(22-32-33(29,30)31)26-25(28)21-19-17-15-12-10-8-6-4-2/h18,20,23-24,27H,3-17,19,21-22H2,1-2H3,(H,26,28)(H2,29,30,31)/b20-18+/t23-,24+/m0/s1. The van der Waals surface area contributed by atoms with Crippen molar-refractivity contribution in [3.63, 3.8) is 0 Å². The van der Waals surface area contributed by atoms with E-state index in [0.29, 0.717) is 6.42 Å². The second-order valence-corrected chi connectivity index (χ2v) is 10.3. The van der Waals surface area contributed by atoms with Crippen molar-refractivity contribution >= 4 is 13.7 Å². The van der Waals surface area contributed by atoms with Gasteiger partial charge in [-0.3, -0.25) is 9.32 Å². The van der Waals surface area contributed by atoms with Gasteiger partial charge in [0.25, 0.3) is 0 Å². The Morgan fingerprint density at radius 1 is 0.848 bits per heavy atom. The molecule has 33 heavy (non-hydrogen) atoms. The van der Waals surface area contributed by atoms with Gasteiger partial charge in [-0.1, -0.05) is 109 Å². The van der Waals surface area contributed by atoms with E-state index in [-0.39, 0.29) is 5.91 Å². The lowest BCUT2D eigenvalue weighted by atomic mass is 10.1. The quantitative estimate of drug-likeness (QED) is 0.0772. The molecule has 0 saturated heterocycles. The van der Waals surface area contributed by atoms with Crippen molar-refractivity contribution in [2.75, 3.05) is 6.61 Å². The third-order valence-corrected chi connectivity index (χ3v) is 6.23. The summed E-state index contributed by atoms with van der Waals surface area (Å²) in [5, 5.41) is 13.1. The minimum absolute atomic E-state index is 0.236. The summed E-state index contributed by atoms with van der Waals surface area (Å²) in [4.78, 5) is 30.3. The molecule has 8 heteroatoms. The van der Waals surface area contributed by atoms with Gasteiger partial charge in [0.15, 0.2) is 0 Å². The zero-order valence-corrected chi connectivity index (χ0v) is 21.9. The Morgan fingerprint density at radius 2 is 1.33 bits per heavy atom. The van der Waals surface area contributed by atoms with Crippen LogP contribution in [-0.2, 0) is 13.9 Å². The van der Waals surface area contributed by atoms with Crippen molar-refractivity contribution in [3.8, 4) is 0 Å². The molecule has 0 aliphatic heterocycles. The molecule has 0 aromatic rings. The van der Waals surface area contributed by atoms with Crippen LogP contribution < -0.4 is 5.32 Å². The molecule has 2 atom stereocenters. The van der Waals surface area contributed by atoms with Crippen LogP contribution in [0.1, 0.15) is 123 Å². The second kappa shape index (κ2) is 21.8. The molecule has 7 nitrogen and oxygen atoms in total. The molecule has 0 spiro atoms. The average Bonchev–Trinajstić information content (AvgIpc) is 2.76. The lowest BCUT2D eigenvalue weighted by molar-refractivity contribution is -0.123. The molecular weight excluding hydrogens is 441 g/mol. The van der Waals surface area contributed by atoms with E-state index in [1.165, 1.54) is 64.2 Å². The number of nitrogens with one attached hydrogen (secondary N) is 1. The van der Waals surface area contributed by atoms with Crippen molar-refractivity contribution in [2.24, 2.45) is 0 Å². The fourth-order valence-corrected chi connectivity index (χ4v) is 4.05. The molecule has 4 N–H and O–H groups in total. The highest BCUT2D eigenvalue weighted by molar-refractivity contribution is 7.46. The fraction of sp³-hybridized carbons (Fsp3) is 0.880. The summed E-state index contributed by atoms with van der Waals surface area (Å²) in [7, 11) is -4.68. The largest absolute Gasteiger partial charge is 0.469 e. The maximum Gasteiger partial charge on any atom is 0.469 e. The number of phosphoric acid groups is 1. The molecule has 0 heterocycles. The maximum absolute atomic E-state index is 12.3. The number of rotatable bonds is 23. The highest BCUT2D eigenvalue weighted by Gasteiger charge is 2.24. The van der Waals surface area contributed by atoms with Crippen molar-refractivity contribution in [1.82, 2.24) is 5.32 Å². The molecule has 0 aromatic heterocycles. The zero-order chi connectivity index (χ0) is 24.8. The highest BCUT2D eigenvalue weighted by atomic mass is 31.2. The number of phosphoric ester groups is 1. The number of unbranched alkanes of at least 4 members (excludes halogenated alkanes) is 14. The van der Waals surface area contributed by atoms with E-state index >= 15 is 0 Å². The van der Waals surface area contributed by atoms with Gasteiger partial charge < -0.3 is 20.2 Å². The fourth-order valence-electron chi connectivity index (χ4n) is 3.69. The van der Waals surface area contributed by atoms with Crippen molar-refractivity contribution in [1.29, 1.82) is 0 Å². The Bertz CT molecular complexity index is 537. The van der Waals surface area contributed by atoms with E-state index in [2.05, 4.69) is 23.7 Å². The number of aliphatic hydroxyl groups is 1. The molecule has 0 saturated carbocycles. The molecule has 0 aliphatic rings. The van der Waals surface area contributed by atoms with Crippen LogP contribution in [0.2, 0.25) is 0 Å². The third-order valence-electron chi connectivity index (χ3n) is 5.75. The molecular formula is C25H50NO6P. The van der Waals surface area contributed by atoms with Gasteiger partial charge in [-0.05, 0) is 19.3 Å². The van der Waals surface area contributed by atoms with Gasteiger partial charge in [0.2, 0.25) is 5.91 Å². The van der Waals surface area contributed by atoms with E-state index in [0.717, 1.165) is 38.5 Å². The summed E-state index contributed by atoms with van der Waals surface area (Å²) in [6.07, 6.45) is 21.0. The van der Waals surface area contributed by atoms with Gasteiger partial charge in [-0.25, -0.2) is 4.57 Å². The van der Waals surface area contributed by atoms with Crippen LogP contribution in [0.15, 0.2) is 12.2 Å². The normalized spacial score (nSPS) is 14.0. The summed E-state index contributed by atoms with van der Waals surface area (Å²) >= 11 is 0. The van der Waals surface area contributed by atoms with Crippen LogP contribution in [0.25, 0.3) is 0 Å². The van der Waals surface area contributed by atoms with Gasteiger partial charge in [-0.15, -0.1) is 0 Å². The van der Waals surface area contributed by atoms with Gasteiger partial charge >= 0.3 is 7.82 Å². The van der Waals surface area contributed by atoms with Crippen LogP contribution in [0, 0.1) is 0 Å². The van der Waals surface area contributed by atoms with Gasteiger partial charge in [0.1, 0.15) is 0 Å². The van der Waals surface area contributed by atoms with Crippen LogP contribution in [0.5, 0.6) is 0 Å². The van der Waals surface area contributed by atoms with Crippen molar-refractivity contribution < 1.29 is 28.8 Å². The van der Waals surface area contributed by atoms with Crippen LogP contribution in [-0.4, -0.2) is 39.6 Å². The summed E-state index contributed by atoms with van der Waals surface area (Å²) in [6, 6.07) is -0.899.